The lowest BCUT2D eigenvalue weighted by molar-refractivity contribution is -0.144. The maximum absolute atomic E-state index is 10.4. The van der Waals surface area contributed by atoms with Gasteiger partial charge in [-0.2, -0.15) is 0 Å². The van der Waals surface area contributed by atoms with E-state index in [-0.39, 0.29) is 12.1 Å². The molecule has 0 aromatic rings. The van der Waals surface area contributed by atoms with Crippen LogP contribution in [0, 0.1) is 0 Å². The van der Waals surface area contributed by atoms with Crippen molar-refractivity contribution in [2.75, 3.05) is 4.43 Å². The molecule has 10 heavy (non-hydrogen) atoms. The number of halogens is 1. The molecule has 0 aliphatic carbocycles. The van der Waals surface area contributed by atoms with Gasteiger partial charge in [-0.25, -0.2) is 0 Å². The molecule has 0 aliphatic rings. The van der Waals surface area contributed by atoms with Gasteiger partial charge in [0.15, 0.2) is 0 Å². The second-order valence-electron chi connectivity index (χ2n) is 1.86. The second kappa shape index (κ2) is 5.70. The molecule has 0 aromatic heterocycles. The van der Waals surface area contributed by atoms with Gasteiger partial charge >= 0.3 is 5.97 Å². The van der Waals surface area contributed by atoms with E-state index < -0.39 is 0 Å². The maximum atomic E-state index is 10.4. The van der Waals surface area contributed by atoms with E-state index in [0.717, 1.165) is 10.8 Å². The molecule has 0 saturated heterocycles. The summed E-state index contributed by atoms with van der Waals surface area (Å²) in [7, 11) is 0. The summed E-state index contributed by atoms with van der Waals surface area (Å²) in [6, 6.07) is 0. The summed E-state index contributed by atoms with van der Waals surface area (Å²) in [5.74, 6) is -0.241. The first-order valence-electron chi connectivity index (χ1n) is 3.06. The van der Waals surface area contributed by atoms with Gasteiger partial charge in [-0.1, -0.05) is 35.2 Å². The highest BCUT2D eigenvalue weighted by atomic mass is 127. The molecule has 2 nitrogen and oxygen atoms in total. The molecule has 58 valence electrons. The van der Waals surface area contributed by atoms with Gasteiger partial charge in [0.1, 0.15) is 6.10 Å². The minimum atomic E-state index is -0.241. The molecule has 0 spiro atoms. The number of carbonyl (C=O) groups is 1. The monoisotopic (exact) mass is 254 g/mol. The maximum Gasteiger partial charge on any atom is 0.303 e. The van der Waals surface area contributed by atoms with Crippen molar-refractivity contribution in [1.29, 1.82) is 0 Å². The van der Waals surface area contributed by atoms with Crippen molar-refractivity contribution in [3.8, 4) is 0 Å². The zero-order valence-corrected chi connectivity index (χ0v) is 8.13. The minimum Gasteiger partial charge on any atom is -0.458 e. The third kappa shape index (κ3) is 4.78. The van der Waals surface area contributed by atoms with E-state index >= 15 is 0 Å². The van der Waals surface area contributed by atoms with Crippen LogP contribution < -0.4 is 0 Å². The topological polar surface area (TPSA) is 26.3 Å². The number of hydrogen-bond donors (Lipinski definition) is 0. The molecule has 1 unspecified atom stereocenters. The highest BCUT2D eigenvalue weighted by Crippen LogP contribution is 2.02. The normalized spacial score (nSPS) is 12.2. The van der Waals surface area contributed by atoms with Crippen LogP contribution in [0.5, 0.6) is 0 Å². The molecular formula is C7H11IO2. The van der Waals surface area contributed by atoms with Crippen molar-refractivity contribution in [3.05, 3.63) is 12.7 Å². The van der Waals surface area contributed by atoms with Crippen molar-refractivity contribution in [2.24, 2.45) is 0 Å². The Bertz CT molecular complexity index is 123. The van der Waals surface area contributed by atoms with E-state index in [4.69, 9.17) is 4.74 Å². The predicted octanol–water partition coefficient (Wildman–Crippen LogP) is 1.93. The highest BCUT2D eigenvalue weighted by Gasteiger charge is 2.04. The third-order valence-corrected chi connectivity index (χ3v) is 1.60. The number of esters is 1. The van der Waals surface area contributed by atoms with Crippen molar-refractivity contribution < 1.29 is 9.53 Å². The van der Waals surface area contributed by atoms with E-state index in [1.807, 2.05) is 0 Å². The van der Waals surface area contributed by atoms with Gasteiger partial charge < -0.3 is 4.74 Å². The van der Waals surface area contributed by atoms with Crippen LogP contribution in [0.1, 0.15) is 13.3 Å². The first-order valence-corrected chi connectivity index (χ1v) is 4.59. The number of alkyl halides is 1. The molecule has 0 radical (unpaired) electrons. The van der Waals surface area contributed by atoms with Crippen LogP contribution in [-0.2, 0) is 9.53 Å². The summed E-state index contributed by atoms with van der Waals surface area (Å²) >= 11 is 2.23. The zero-order valence-electron chi connectivity index (χ0n) is 5.97. The van der Waals surface area contributed by atoms with Gasteiger partial charge in [0, 0.05) is 11.4 Å². The Morgan fingerprint density at radius 3 is 2.80 bits per heavy atom. The molecule has 0 bridgehead atoms. The van der Waals surface area contributed by atoms with Crippen LogP contribution in [0.25, 0.3) is 0 Å². The first kappa shape index (κ1) is 9.94. The van der Waals surface area contributed by atoms with Crippen molar-refractivity contribution >= 4 is 28.6 Å². The summed E-state index contributed by atoms with van der Waals surface area (Å²) in [6.45, 7) is 4.96. The molecular weight excluding hydrogens is 243 g/mol. The Balaban J connectivity index is 3.59. The molecule has 0 aliphatic heterocycles. The molecule has 0 amide bonds. The average molecular weight is 254 g/mol. The first-order chi connectivity index (χ1) is 4.70. The molecule has 1 atom stereocenters. The Morgan fingerprint density at radius 2 is 2.50 bits per heavy atom. The SMILES string of the molecule is C=CC(CCI)OC(C)=O. The fourth-order valence-electron chi connectivity index (χ4n) is 0.546. The fourth-order valence-corrected chi connectivity index (χ4v) is 1.16. The third-order valence-electron chi connectivity index (χ3n) is 0.974. The Labute approximate surface area is 74.8 Å². The van der Waals surface area contributed by atoms with Gasteiger partial charge in [-0.3, -0.25) is 4.79 Å². The van der Waals surface area contributed by atoms with Gasteiger partial charge in [0.05, 0.1) is 0 Å². The van der Waals surface area contributed by atoms with E-state index in [1.54, 1.807) is 6.08 Å². The number of carbonyl (C=O) groups excluding carboxylic acids is 1. The summed E-state index contributed by atoms with van der Waals surface area (Å²) in [4.78, 5) is 10.4. The van der Waals surface area contributed by atoms with Crippen LogP contribution in [-0.4, -0.2) is 16.5 Å². The fraction of sp³-hybridized carbons (Fsp3) is 0.571. The lowest BCUT2D eigenvalue weighted by Crippen LogP contribution is -2.13. The molecule has 0 heterocycles. The van der Waals surface area contributed by atoms with Gasteiger partial charge in [-0.15, -0.1) is 0 Å². The lowest BCUT2D eigenvalue weighted by Gasteiger charge is -2.09. The Kier molecular flexibility index (Phi) is 5.67. The number of ether oxygens (including phenoxy) is 1. The quantitative estimate of drug-likeness (QED) is 0.331. The standard InChI is InChI=1S/C7H11IO2/c1-3-7(4-5-8)10-6(2)9/h3,7H,1,4-5H2,2H3. The largest absolute Gasteiger partial charge is 0.458 e. The summed E-state index contributed by atoms with van der Waals surface area (Å²) < 4.78 is 5.85. The molecule has 0 N–H and O–H groups in total. The molecule has 0 fully saturated rings. The van der Waals surface area contributed by atoms with E-state index in [9.17, 15) is 4.79 Å². The smallest absolute Gasteiger partial charge is 0.303 e. The van der Waals surface area contributed by atoms with Gasteiger partial charge in [-0.05, 0) is 6.42 Å². The predicted molar refractivity (Wildman–Crippen MR) is 49.3 cm³/mol. The van der Waals surface area contributed by atoms with E-state index in [0.29, 0.717) is 0 Å². The average Bonchev–Trinajstić information content (AvgIpc) is 1.86. The molecule has 0 rings (SSSR count). The van der Waals surface area contributed by atoms with E-state index in [2.05, 4.69) is 29.2 Å². The Morgan fingerprint density at radius 1 is 1.90 bits per heavy atom. The molecule has 0 saturated carbocycles. The van der Waals surface area contributed by atoms with Gasteiger partial charge in [0.25, 0.3) is 0 Å². The van der Waals surface area contributed by atoms with Crippen molar-refractivity contribution in [1.82, 2.24) is 0 Å². The van der Waals surface area contributed by atoms with E-state index in [1.165, 1.54) is 6.92 Å². The summed E-state index contributed by atoms with van der Waals surface area (Å²) in [5, 5.41) is 0. The Hall–Kier alpha value is -0.0600. The zero-order chi connectivity index (χ0) is 7.98. The van der Waals surface area contributed by atoms with Crippen LogP contribution in [0.2, 0.25) is 0 Å². The number of hydrogen-bond acceptors (Lipinski definition) is 2. The summed E-state index contributed by atoms with van der Waals surface area (Å²) in [5.41, 5.74) is 0. The highest BCUT2D eigenvalue weighted by molar-refractivity contribution is 14.1. The number of rotatable bonds is 4. The van der Waals surface area contributed by atoms with Crippen LogP contribution >= 0.6 is 22.6 Å². The van der Waals surface area contributed by atoms with Crippen LogP contribution in [0.15, 0.2) is 12.7 Å². The van der Waals surface area contributed by atoms with Crippen molar-refractivity contribution in [3.63, 3.8) is 0 Å². The lowest BCUT2D eigenvalue weighted by atomic mass is 10.3. The van der Waals surface area contributed by atoms with Crippen LogP contribution in [0.3, 0.4) is 0 Å². The summed E-state index contributed by atoms with van der Waals surface area (Å²) in [6.07, 6.45) is 2.40. The molecule has 3 heteroatoms. The minimum absolute atomic E-state index is 0.102. The van der Waals surface area contributed by atoms with Crippen LogP contribution in [0.4, 0.5) is 0 Å². The van der Waals surface area contributed by atoms with Gasteiger partial charge in [0.2, 0.25) is 0 Å². The molecule has 0 aromatic carbocycles. The van der Waals surface area contributed by atoms with Crippen molar-refractivity contribution in [2.45, 2.75) is 19.4 Å². The second-order valence-corrected chi connectivity index (χ2v) is 2.94.